The van der Waals surface area contributed by atoms with Gasteiger partial charge in [0.05, 0.1) is 18.6 Å². The number of carboxylic acid groups (broad SMARTS) is 1. The van der Waals surface area contributed by atoms with E-state index in [2.05, 4.69) is 4.98 Å². The molecule has 108 valence electrons. The van der Waals surface area contributed by atoms with Crippen molar-refractivity contribution in [2.75, 3.05) is 20.3 Å². The third-order valence-corrected chi connectivity index (χ3v) is 3.61. The number of methoxy groups -OCH3 is 1. The highest BCUT2D eigenvalue weighted by Crippen LogP contribution is 2.36. The Morgan fingerprint density at radius 3 is 2.80 bits per heavy atom. The normalized spacial score (nSPS) is 22.9. The molecule has 2 heterocycles. The number of hydrogen-bond acceptors (Lipinski definition) is 4. The van der Waals surface area contributed by atoms with E-state index in [0.29, 0.717) is 19.6 Å². The van der Waals surface area contributed by atoms with Crippen LogP contribution in [0.15, 0.2) is 24.5 Å². The number of nitrogens with zero attached hydrogens (tertiary/aromatic N) is 2. The number of piperidine rings is 1. The Labute approximate surface area is 117 Å². The van der Waals surface area contributed by atoms with Gasteiger partial charge in [-0.3, -0.25) is 14.6 Å². The second-order valence-electron chi connectivity index (χ2n) is 4.79. The molecule has 1 aromatic heterocycles. The van der Waals surface area contributed by atoms with E-state index in [1.165, 1.54) is 0 Å². The molecule has 0 spiro atoms. The van der Waals surface area contributed by atoms with Crippen LogP contribution in [0.5, 0.6) is 0 Å². The summed E-state index contributed by atoms with van der Waals surface area (Å²) in [7, 11) is 1.56. The minimum atomic E-state index is -0.873. The number of likely N-dealkylation sites (tertiary alicyclic amines) is 1. The van der Waals surface area contributed by atoms with Gasteiger partial charge in [0.15, 0.2) is 0 Å². The lowest BCUT2D eigenvalue weighted by Gasteiger charge is -2.39. The van der Waals surface area contributed by atoms with Crippen LogP contribution >= 0.6 is 0 Å². The van der Waals surface area contributed by atoms with Crippen LogP contribution in [0, 0.1) is 5.92 Å². The molecule has 1 N–H and O–H groups in total. The summed E-state index contributed by atoms with van der Waals surface area (Å²) in [6.45, 7) is 0.783. The summed E-state index contributed by atoms with van der Waals surface area (Å²) in [5, 5.41) is 9.41. The highest BCUT2D eigenvalue weighted by molar-refractivity contribution is 5.81. The smallest absolute Gasteiger partial charge is 0.308 e. The van der Waals surface area contributed by atoms with Gasteiger partial charge in [0.25, 0.3) is 0 Å². The number of amides is 1. The summed E-state index contributed by atoms with van der Waals surface area (Å²) >= 11 is 0. The van der Waals surface area contributed by atoms with Crippen LogP contribution in [0.25, 0.3) is 0 Å². The molecule has 0 aliphatic carbocycles. The number of carbonyl (C=O) groups excluding carboxylic acids is 1. The molecule has 0 saturated carbocycles. The second kappa shape index (κ2) is 6.47. The Morgan fingerprint density at radius 2 is 2.20 bits per heavy atom. The maximum absolute atomic E-state index is 12.1. The van der Waals surface area contributed by atoms with Gasteiger partial charge in [-0.15, -0.1) is 0 Å². The molecular formula is C14H18N2O4. The molecule has 1 aliphatic rings. The zero-order chi connectivity index (χ0) is 14.5. The number of ether oxygens (including phenoxy) is 1. The highest BCUT2D eigenvalue weighted by atomic mass is 16.5. The molecule has 20 heavy (non-hydrogen) atoms. The highest BCUT2D eigenvalue weighted by Gasteiger charge is 2.40. The van der Waals surface area contributed by atoms with Gasteiger partial charge in [-0.05, 0) is 24.1 Å². The fraction of sp³-hybridized carbons (Fsp3) is 0.500. The number of carbonyl (C=O) groups is 2. The fourth-order valence-corrected chi connectivity index (χ4v) is 2.64. The Balaban J connectivity index is 2.33. The van der Waals surface area contributed by atoms with Crippen LogP contribution in [0.4, 0.5) is 0 Å². The molecule has 0 radical (unpaired) electrons. The first-order valence-electron chi connectivity index (χ1n) is 6.56. The van der Waals surface area contributed by atoms with E-state index >= 15 is 0 Å². The van der Waals surface area contributed by atoms with Crippen molar-refractivity contribution in [1.82, 2.24) is 9.88 Å². The molecule has 1 fully saturated rings. The zero-order valence-corrected chi connectivity index (χ0v) is 11.4. The predicted octanol–water partition coefficient (Wildman–Crippen LogP) is 1.09. The number of carboxylic acids is 1. The molecule has 0 aromatic carbocycles. The first-order valence-corrected chi connectivity index (χ1v) is 6.56. The number of hydrogen-bond donors (Lipinski definition) is 1. The van der Waals surface area contributed by atoms with Crippen molar-refractivity contribution in [2.24, 2.45) is 5.92 Å². The average Bonchev–Trinajstić information content (AvgIpc) is 2.46. The monoisotopic (exact) mass is 278 g/mol. The van der Waals surface area contributed by atoms with Crippen LogP contribution in [-0.2, 0) is 14.3 Å². The minimum Gasteiger partial charge on any atom is -0.481 e. The second-order valence-corrected chi connectivity index (χ2v) is 4.79. The van der Waals surface area contributed by atoms with E-state index in [-0.39, 0.29) is 12.3 Å². The van der Waals surface area contributed by atoms with Gasteiger partial charge in [-0.25, -0.2) is 0 Å². The van der Waals surface area contributed by atoms with Gasteiger partial charge < -0.3 is 14.7 Å². The summed E-state index contributed by atoms with van der Waals surface area (Å²) in [5.41, 5.74) is 0.802. The lowest BCUT2D eigenvalue weighted by molar-refractivity contribution is -0.152. The van der Waals surface area contributed by atoms with Crippen LogP contribution < -0.4 is 0 Å². The maximum atomic E-state index is 12.1. The number of aromatic nitrogens is 1. The Morgan fingerprint density at radius 1 is 1.50 bits per heavy atom. The molecule has 2 unspecified atom stereocenters. The van der Waals surface area contributed by atoms with Crippen LogP contribution in [0.2, 0.25) is 0 Å². The predicted molar refractivity (Wildman–Crippen MR) is 70.9 cm³/mol. The van der Waals surface area contributed by atoms with Crippen molar-refractivity contribution in [3.8, 4) is 0 Å². The Hall–Kier alpha value is -1.95. The molecule has 1 aromatic rings. The number of pyridine rings is 1. The van der Waals surface area contributed by atoms with Crippen LogP contribution in [0.3, 0.4) is 0 Å². The molecule has 2 atom stereocenters. The summed E-state index contributed by atoms with van der Waals surface area (Å²) in [6, 6.07) is 3.07. The molecule has 1 saturated heterocycles. The Kier molecular flexibility index (Phi) is 4.68. The van der Waals surface area contributed by atoms with Crippen molar-refractivity contribution >= 4 is 11.9 Å². The largest absolute Gasteiger partial charge is 0.481 e. The van der Waals surface area contributed by atoms with Crippen LogP contribution in [0.1, 0.15) is 24.4 Å². The van der Waals surface area contributed by atoms with Gasteiger partial charge in [-0.1, -0.05) is 0 Å². The van der Waals surface area contributed by atoms with Gasteiger partial charge in [0.1, 0.15) is 0 Å². The van der Waals surface area contributed by atoms with E-state index < -0.39 is 17.9 Å². The quantitative estimate of drug-likeness (QED) is 0.872. The third-order valence-electron chi connectivity index (χ3n) is 3.61. The molecule has 6 heteroatoms. The molecule has 2 rings (SSSR count). The Bertz CT molecular complexity index is 477. The first-order chi connectivity index (χ1) is 9.65. The SMILES string of the molecule is COCCN1C(=O)CCC(C(=O)O)C1c1ccncc1. The maximum Gasteiger partial charge on any atom is 0.308 e. The molecule has 0 bridgehead atoms. The van der Waals surface area contributed by atoms with E-state index in [1.54, 1.807) is 36.5 Å². The average molecular weight is 278 g/mol. The molecular weight excluding hydrogens is 260 g/mol. The standard InChI is InChI=1S/C14H18N2O4/c1-20-9-8-16-12(17)3-2-11(14(18)19)13(16)10-4-6-15-7-5-10/h4-7,11,13H,2-3,8-9H2,1H3,(H,18,19). The molecule has 1 amide bonds. The zero-order valence-electron chi connectivity index (χ0n) is 11.4. The van der Waals surface area contributed by atoms with Crippen LogP contribution in [-0.4, -0.2) is 47.1 Å². The number of rotatable bonds is 5. The van der Waals surface area contributed by atoms with E-state index in [4.69, 9.17) is 4.74 Å². The third kappa shape index (κ3) is 2.96. The number of aliphatic carboxylic acids is 1. The summed E-state index contributed by atoms with van der Waals surface area (Å²) < 4.78 is 5.02. The van der Waals surface area contributed by atoms with E-state index in [1.807, 2.05) is 0 Å². The van der Waals surface area contributed by atoms with Crippen molar-refractivity contribution in [3.63, 3.8) is 0 Å². The van der Waals surface area contributed by atoms with Crippen molar-refractivity contribution < 1.29 is 19.4 Å². The first kappa shape index (κ1) is 14.5. The van der Waals surface area contributed by atoms with Gasteiger partial charge >= 0.3 is 5.97 Å². The lowest BCUT2D eigenvalue weighted by atomic mass is 9.84. The topological polar surface area (TPSA) is 79.7 Å². The van der Waals surface area contributed by atoms with Crippen molar-refractivity contribution in [3.05, 3.63) is 30.1 Å². The minimum absolute atomic E-state index is 0.0265. The molecule has 6 nitrogen and oxygen atoms in total. The van der Waals surface area contributed by atoms with Crippen molar-refractivity contribution in [1.29, 1.82) is 0 Å². The van der Waals surface area contributed by atoms with Gasteiger partial charge in [0, 0.05) is 32.5 Å². The molecule has 1 aliphatic heterocycles. The fourth-order valence-electron chi connectivity index (χ4n) is 2.64. The van der Waals surface area contributed by atoms with Crippen molar-refractivity contribution in [2.45, 2.75) is 18.9 Å². The summed E-state index contributed by atoms with van der Waals surface area (Å²) in [4.78, 5) is 29.1. The summed E-state index contributed by atoms with van der Waals surface area (Å²) in [5.74, 6) is -1.49. The van der Waals surface area contributed by atoms with E-state index in [0.717, 1.165) is 5.56 Å². The lowest BCUT2D eigenvalue weighted by Crippen LogP contribution is -2.46. The van der Waals surface area contributed by atoms with Gasteiger partial charge in [0.2, 0.25) is 5.91 Å². The van der Waals surface area contributed by atoms with E-state index in [9.17, 15) is 14.7 Å². The summed E-state index contributed by atoms with van der Waals surface area (Å²) in [6.07, 6.45) is 3.86. The van der Waals surface area contributed by atoms with Gasteiger partial charge in [-0.2, -0.15) is 0 Å².